The minimum absolute atomic E-state index is 0.644. The molecule has 1 fully saturated rings. The third kappa shape index (κ3) is 0.533. The summed E-state index contributed by atoms with van der Waals surface area (Å²) in [6.07, 6.45) is 1.18. The van der Waals surface area contributed by atoms with Crippen molar-refractivity contribution in [3.8, 4) is 0 Å². The van der Waals surface area contributed by atoms with Gasteiger partial charge in [0.2, 0.25) is 0 Å². The summed E-state index contributed by atoms with van der Waals surface area (Å²) >= 11 is 0. The van der Waals surface area contributed by atoms with Crippen molar-refractivity contribution in [1.82, 2.24) is 5.48 Å². The molecule has 1 N–H and O–H groups in total. The topological polar surface area (TPSA) is 21.3 Å². The first-order valence-electron chi connectivity index (χ1n) is 2.31. The highest BCUT2D eigenvalue weighted by molar-refractivity contribution is 4.63. The van der Waals surface area contributed by atoms with E-state index < -0.39 is 0 Å². The summed E-state index contributed by atoms with van der Waals surface area (Å²) in [4.78, 5) is 4.68. The molecule has 6 heavy (non-hydrogen) atoms. The summed E-state index contributed by atoms with van der Waals surface area (Å²) in [6.45, 7) is 3.04. The van der Waals surface area contributed by atoms with Gasteiger partial charge in [-0.1, -0.05) is 6.92 Å². The molecule has 1 rings (SSSR count). The van der Waals surface area contributed by atoms with Crippen molar-refractivity contribution in [3.63, 3.8) is 0 Å². The van der Waals surface area contributed by atoms with Crippen LogP contribution in [0.4, 0.5) is 0 Å². The minimum atomic E-state index is 0.644. The molecule has 0 radical (unpaired) electrons. The molecule has 1 saturated heterocycles. The molecule has 0 unspecified atom stereocenters. The van der Waals surface area contributed by atoms with E-state index in [2.05, 4.69) is 17.2 Å². The highest BCUT2D eigenvalue weighted by Crippen LogP contribution is 1.98. The zero-order valence-electron chi connectivity index (χ0n) is 3.90. The van der Waals surface area contributed by atoms with E-state index in [0.29, 0.717) is 6.04 Å². The molecule has 2 heteroatoms. The fourth-order valence-electron chi connectivity index (χ4n) is 0.402. The molecule has 0 bridgehead atoms. The number of hydroxylamine groups is 1. The highest BCUT2D eigenvalue weighted by atomic mass is 16.7. The molecule has 0 amide bonds. The quantitative estimate of drug-likeness (QED) is 0.496. The number of rotatable bonds is 1. The van der Waals surface area contributed by atoms with Crippen LogP contribution in [-0.2, 0) is 4.84 Å². The maximum atomic E-state index is 4.68. The van der Waals surface area contributed by atoms with Gasteiger partial charge in [-0.15, -0.1) is 0 Å². The van der Waals surface area contributed by atoms with Crippen LogP contribution in [0, 0.1) is 0 Å². The second-order valence-electron chi connectivity index (χ2n) is 1.53. The van der Waals surface area contributed by atoms with Gasteiger partial charge in [-0.05, 0) is 6.42 Å². The molecule has 1 heterocycles. The van der Waals surface area contributed by atoms with E-state index in [-0.39, 0.29) is 0 Å². The molecular formula is C4H9NO. The Morgan fingerprint density at radius 2 is 2.67 bits per heavy atom. The lowest BCUT2D eigenvalue weighted by atomic mass is 10.2. The lowest BCUT2D eigenvalue weighted by Crippen LogP contribution is -2.45. The lowest BCUT2D eigenvalue weighted by molar-refractivity contribution is -0.0983. The summed E-state index contributed by atoms with van der Waals surface area (Å²) < 4.78 is 0. The zero-order chi connectivity index (χ0) is 4.41. The van der Waals surface area contributed by atoms with Crippen molar-refractivity contribution < 1.29 is 4.84 Å². The van der Waals surface area contributed by atoms with E-state index in [4.69, 9.17) is 0 Å². The first kappa shape index (κ1) is 4.09. The van der Waals surface area contributed by atoms with E-state index >= 15 is 0 Å². The summed E-state index contributed by atoms with van der Waals surface area (Å²) in [6, 6.07) is 0.644. The second kappa shape index (κ2) is 1.58. The normalized spacial score (nSPS) is 32.5. The molecule has 0 aromatic heterocycles. The van der Waals surface area contributed by atoms with Crippen molar-refractivity contribution in [2.75, 3.05) is 6.61 Å². The number of hydrogen-bond donors (Lipinski definition) is 1. The molecule has 36 valence electrons. The largest absolute Gasteiger partial charge is 0.300 e. The molecule has 1 aliphatic rings. The van der Waals surface area contributed by atoms with E-state index in [1.165, 1.54) is 6.42 Å². The van der Waals surface area contributed by atoms with Crippen LogP contribution in [0.3, 0.4) is 0 Å². The Kier molecular flexibility index (Phi) is 1.08. The summed E-state index contributed by atoms with van der Waals surface area (Å²) in [7, 11) is 0. The van der Waals surface area contributed by atoms with Crippen LogP contribution >= 0.6 is 0 Å². The van der Waals surface area contributed by atoms with Crippen molar-refractivity contribution >= 4 is 0 Å². The van der Waals surface area contributed by atoms with Crippen molar-refractivity contribution in [3.05, 3.63) is 0 Å². The van der Waals surface area contributed by atoms with Crippen LogP contribution in [-0.4, -0.2) is 12.6 Å². The lowest BCUT2D eigenvalue weighted by Gasteiger charge is -2.25. The Bertz CT molecular complexity index is 40.1. The zero-order valence-corrected chi connectivity index (χ0v) is 3.90. The second-order valence-corrected chi connectivity index (χ2v) is 1.53. The smallest absolute Gasteiger partial charge is 0.0858 e. The molecule has 1 aliphatic heterocycles. The molecular weight excluding hydrogens is 78.0 g/mol. The first-order valence-corrected chi connectivity index (χ1v) is 2.31. The van der Waals surface area contributed by atoms with E-state index in [0.717, 1.165) is 6.61 Å². The van der Waals surface area contributed by atoms with Gasteiger partial charge in [0, 0.05) is 0 Å². The first-order chi connectivity index (χ1) is 2.93. The number of nitrogens with one attached hydrogen (secondary N) is 1. The van der Waals surface area contributed by atoms with Gasteiger partial charge < -0.3 is 0 Å². The van der Waals surface area contributed by atoms with Gasteiger partial charge in [0.1, 0.15) is 0 Å². The predicted octanol–water partition coefficient (Wildman–Crippen LogP) is 0.300. The predicted molar refractivity (Wildman–Crippen MR) is 23.2 cm³/mol. The molecule has 2 nitrogen and oxygen atoms in total. The summed E-state index contributed by atoms with van der Waals surface area (Å²) in [5, 5.41) is 0. The Morgan fingerprint density at radius 3 is 2.67 bits per heavy atom. The van der Waals surface area contributed by atoms with Gasteiger partial charge in [-0.3, -0.25) is 4.84 Å². The monoisotopic (exact) mass is 87.1 g/mol. The molecule has 0 aliphatic carbocycles. The Morgan fingerprint density at radius 1 is 2.00 bits per heavy atom. The molecule has 0 spiro atoms. The van der Waals surface area contributed by atoms with Crippen LogP contribution in [0.15, 0.2) is 0 Å². The third-order valence-electron chi connectivity index (χ3n) is 1.03. The molecule has 0 aromatic carbocycles. The SMILES string of the molecule is CC[C@H]1CON1. The van der Waals surface area contributed by atoms with Crippen molar-refractivity contribution in [1.29, 1.82) is 0 Å². The Balaban J connectivity index is 2.01. The molecule has 0 aromatic rings. The van der Waals surface area contributed by atoms with Crippen LogP contribution in [0.1, 0.15) is 13.3 Å². The average molecular weight is 87.1 g/mol. The Hall–Kier alpha value is -0.0800. The third-order valence-corrected chi connectivity index (χ3v) is 1.03. The molecule has 0 saturated carbocycles. The van der Waals surface area contributed by atoms with E-state index in [9.17, 15) is 0 Å². The summed E-state index contributed by atoms with van der Waals surface area (Å²) in [5.74, 6) is 0. The van der Waals surface area contributed by atoms with Crippen LogP contribution < -0.4 is 5.48 Å². The Labute approximate surface area is 37.4 Å². The maximum absolute atomic E-state index is 4.68. The molecule has 1 atom stereocenters. The average Bonchev–Trinajstić information content (AvgIpc) is 1.31. The van der Waals surface area contributed by atoms with Crippen LogP contribution in [0.2, 0.25) is 0 Å². The number of hydrogen-bond acceptors (Lipinski definition) is 2. The summed E-state index contributed by atoms with van der Waals surface area (Å²) in [5.41, 5.74) is 2.80. The van der Waals surface area contributed by atoms with E-state index in [1.54, 1.807) is 0 Å². The van der Waals surface area contributed by atoms with Crippen molar-refractivity contribution in [2.24, 2.45) is 0 Å². The van der Waals surface area contributed by atoms with Crippen molar-refractivity contribution in [2.45, 2.75) is 19.4 Å². The van der Waals surface area contributed by atoms with Crippen LogP contribution in [0.5, 0.6) is 0 Å². The van der Waals surface area contributed by atoms with Gasteiger partial charge in [0.25, 0.3) is 0 Å². The fourth-order valence-corrected chi connectivity index (χ4v) is 0.402. The van der Waals surface area contributed by atoms with Gasteiger partial charge >= 0.3 is 0 Å². The minimum Gasteiger partial charge on any atom is -0.300 e. The van der Waals surface area contributed by atoms with Crippen LogP contribution in [0.25, 0.3) is 0 Å². The van der Waals surface area contributed by atoms with Gasteiger partial charge in [0.15, 0.2) is 0 Å². The van der Waals surface area contributed by atoms with Gasteiger partial charge in [-0.2, -0.15) is 5.48 Å². The fraction of sp³-hybridized carbons (Fsp3) is 1.00. The van der Waals surface area contributed by atoms with Gasteiger partial charge in [0.05, 0.1) is 12.6 Å². The van der Waals surface area contributed by atoms with Gasteiger partial charge in [-0.25, -0.2) is 0 Å². The maximum Gasteiger partial charge on any atom is 0.0858 e. The highest BCUT2D eigenvalue weighted by Gasteiger charge is 2.13. The van der Waals surface area contributed by atoms with E-state index in [1.807, 2.05) is 0 Å². The standard InChI is InChI=1S/C4H9NO/c1-2-4-3-6-5-4/h4-5H,2-3H2,1H3/t4-/m0/s1.